The van der Waals surface area contributed by atoms with Gasteiger partial charge in [0, 0.05) is 17.2 Å². The summed E-state index contributed by atoms with van der Waals surface area (Å²) in [6.07, 6.45) is 1.37. The number of thiazole rings is 1. The molecule has 0 atom stereocenters. The summed E-state index contributed by atoms with van der Waals surface area (Å²) in [5.74, 6) is 0.918. The zero-order valence-electron chi connectivity index (χ0n) is 13.0. The molecule has 0 saturated carbocycles. The molecule has 4 nitrogen and oxygen atoms in total. The van der Waals surface area contributed by atoms with Crippen LogP contribution in [0.1, 0.15) is 11.3 Å². The number of sulfonamides is 1. The number of hydrogen-bond donors (Lipinski definition) is 1. The minimum Gasteiger partial charge on any atom is -0.230 e. The molecule has 0 radical (unpaired) electrons. The zero-order chi connectivity index (χ0) is 16.8. The second-order valence-electron chi connectivity index (χ2n) is 5.19. The molecule has 2 heterocycles. The summed E-state index contributed by atoms with van der Waals surface area (Å²) in [4.78, 5) is 5.74. The van der Waals surface area contributed by atoms with Gasteiger partial charge in [-0.2, -0.15) is 0 Å². The van der Waals surface area contributed by atoms with Gasteiger partial charge in [-0.05, 0) is 36.4 Å². The molecule has 0 aliphatic rings. The van der Waals surface area contributed by atoms with Crippen LogP contribution in [0.15, 0.2) is 46.1 Å². The van der Waals surface area contributed by atoms with Gasteiger partial charge in [-0.25, -0.2) is 18.1 Å². The van der Waals surface area contributed by atoms with Gasteiger partial charge < -0.3 is 0 Å². The molecule has 8 heteroatoms. The molecule has 0 aliphatic heterocycles. The van der Waals surface area contributed by atoms with Crippen molar-refractivity contribution in [2.75, 3.05) is 18.1 Å². The Morgan fingerprint density at radius 1 is 1.17 bits per heavy atom. The van der Waals surface area contributed by atoms with Crippen LogP contribution < -0.4 is 4.72 Å². The van der Waals surface area contributed by atoms with Gasteiger partial charge in [0.05, 0.1) is 16.0 Å². The molecule has 1 N–H and O–H groups in total. The number of aromatic nitrogens is 1. The van der Waals surface area contributed by atoms with Gasteiger partial charge in [0.2, 0.25) is 10.0 Å². The molecule has 2 aromatic heterocycles. The van der Waals surface area contributed by atoms with Crippen molar-refractivity contribution in [2.45, 2.75) is 17.2 Å². The third-order valence-corrected chi connectivity index (χ3v) is 8.00. The van der Waals surface area contributed by atoms with Crippen LogP contribution in [0, 0.1) is 0 Å². The van der Waals surface area contributed by atoms with E-state index in [9.17, 15) is 8.42 Å². The highest BCUT2D eigenvalue weighted by atomic mass is 32.2. The van der Waals surface area contributed by atoms with E-state index in [1.807, 2.05) is 35.7 Å². The monoisotopic (exact) mass is 398 g/mol. The quantitative estimate of drug-likeness (QED) is 0.437. The Morgan fingerprint density at radius 3 is 2.83 bits per heavy atom. The summed E-state index contributed by atoms with van der Waals surface area (Å²) in [7, 11) is -3.19. The normalized spacial score (nSPS) is 12.0. The third kappa shape index (κ3) is 5.29. The molecule has 0 spiro atoms. The highest BCUT2D eigenvalue weighted by Crippen LogP contribution is 2.29. The fourth-order valence-corrected chi connectivity index (χ4v) is 6.23. The van der Waals surface area contributed by atoms with Crippen molar-refractivity contribution in [1.29, 1.82) is 0 Å². The Hall–Kier alpha value is -0.930. The average molecular weight is 399 g/mol. The van der Waals surface area contributed by atoms with Crippen LogP contribution >= 0.6 is 34.4 Å². The summed E-state index contributed by atoms with van der Waals surface area (Å²) < 4.78 is 28.8. The number of thioether (sulfide) groups is 1. The zero-order valence-corrected chi connectivity index (χ0v) is 16.2. The molecule has 0 unspecified atom stereocenters. The van der Waals surface area contributed by atoms with Crippen LogP contribution in [0.3, 0.4) is 0 Å². The second-order valence-corrected chi connectivity index (χ2v) is 10.5. The number of fused-ring (bicyclic) bond motifs is 1. The molecule has 0 fully saturated rings. The molecule has 0 saturated heterocycles. The number of para-hydroxylation sites is 1. The van der Waals surface area contributed by atoms with E-state index in [4.69, 9.17) is 0 Å². The van der Waals surface area contributed by atoms with E-state index in [0.717, 1.165) is 22.0 Å². The number of hydrogen-bond acceptors (Lipinski definition) is 6. The van der Waals surface area contributed by atoms with Crippen molar-refractivity contribution in [3.05, 3.63) is 46.7 Å². The smallest absolute Gasteiger partial charge is 0.211 e. The van der Waals surface area contributed by atoms with Gasteiger partial charge in [-0.3, -0.25) is 0 Å². The van der Waals surface area contributed by atoms with Crippen molar-refractivity contribution >= 4 is 54.7 Å². The van der Waals surface area contributed by atoms with E-state index in [0.29, 0.717) is 13.0 Å². The van der Waals surface area contributed by atoms with Crippen molar-refractivity contribution in [2.24, 2.45) is 0 Å². The summed E-state index contributed by atoms with van der Waals surface area (Å²) >= 11 is 4.93. The Balaban J connectivity index is 1.38. The fraction of sp³-hybridized carbons (Fsp3) is 0.312. The van der Waals surface area contributed by atoms with E-state index in [1.165, 1.54) is 9.58 Å². The van der Waals surface area contributed by atoms with Crippen molar-refractivity contribution in [1.82, 2.24) is 9.71 Å². The van der Waals surface area contributed by atoms with Crippen LogP contribution in [-0.4, -0.2) is 31.5 Å². The first-order chi connectivity index (χ1) is 11.6. The predicted octanol–water partition coefficient (Wildman–Crippen LogP) is 4.00. The van der Waals surface area contributed by atoms with Crippen LogP contribution in [0.5, 0.6) is 0 Å². The first-order valence-electron chi connectivity index (χ1n) is 7.60. The lowest BCUT2D eigenvalue weighted by Crippen LogP contribution is -2.28. The van der Waals surface area contributed by atoms with E-state index < -0.39 is 10.0 Å². The topological polar surface area (TPSA) is 59.1 Å². The summed E-state index contributed by atoms with van der Waals surface area (Å²) in [6.45, 7) is 0.466. The van der Waals surface area contributed by atoms with Crippen LogP contribution in [0.25, 0.3) is 10.2 Å². The SMILES string of the molecule is O=S(=O)(CCCSc1nc2ccccc2s1)NCCc1cccs1. The molecule has 128 valence electrons. The van der Waals surface area contributed by atoms with Gasteiger partial charge in [-0.15, -0.1) is 22.7 Å². The average Bonchev–Trinajstić information content (AvgIpc) is 3.20. The van der Waals surface area contributed by atoms with Crippen molar-refractivity contribution in [3.8, 4) is 0 Å². The molecular formula is C16H18N2O2S4. The van der Waals surface area contributed by atoms with E-state index in [2.05, 4.69) is 15.8 Å². The molecule has 0 bridgehead atoms. The predicted molar refractivity (Wildman–Crippen MR) is 105 cm³/mol. The Kier molecular flexibility index (Phi) is 6.29. The Bertz CT molecular complexity index is 840. The molecule has 3 rings (SSSR count). The molecule has 0 aliphatic carbocycles. The van der Waals surface area contributed by atoms with Gasteiger partial charge in [0.1, 0.15) is 0 Å². The second kappa shape index (κ2) is 8.44. The minimum atomic E-state index is -3.19. The maximum Gasteiger partial charge on any atom is 0.211 e. The lowest BCUT2D eigenvalue weighted by molar-refractivity contribution is 0.580. The highest BCUT2D eigenvalue weighted by Gasteiger charge is 2.10. The number of benzene rings is 1. The first-order valence-corrected chi connectivity index (χ1v) is 11.9. The van der Waals surface area contributed by atoms with E-state index >= 15 is 0 Å². The molecule has 3 aromatic rings. The van der Waals surface area contributed by atoms with Crippen LogP contribution in [0.2, 0.25) is 0 Å². The first kappa shape index (κ1) is 17.9. The number of nitrogens with one attached hydrogen (secondary N) is 1. The van der Waals surface area contributed by atoms with Crippen LogP contribution in [0.4, 0.5) is 0 Å². The van der Waals surface area contributed by atoms with E-state index in [-0.39, 0.29) is 5.75 Å². The lowest BCUT2D eigenvalue weighted by Gasteiger charge is -2.05. The molecule has 1 aromatic carbocycles. The summed E-state index contributed by atoms with van der Waals surface area (Å²) in [5, 5.41) is 2.00. The number of nitrogens with zero attached hydrogens (tertiary/aromatic N) is 1. The number of thiophene rings is 1. The Labute approximate surface area is 154 Å². The Morgan fingerprint density at radius 2 is 2.04 bits per heavy atom. The highest BCUT2D eigenvalue weighted by molar-refractivity contribution is 8.01. The molecule has 0 amide bonds. The van der Waals surface area contributed by atoms with Crippen LogP contribution in [-0.2, 0) is 16.4 Å². The minimum absolute atomic E-state index is 0.162. The van der Waals surface area contributed by atoms with Gasteiger partial charge in [0.25, 0.3) is 0 Å². The van der Waals surface area contributed by atoms with Crippen molar-refractivity contribution < 1.29 is 8.42 Å². The standard InChI is InChI=1S/C16H18N2O2S4/c19-24(20,17-9-8-13-5-3-10-21-13)12-4-11-22-16-18-14-6-1-2-7-15(14)23-16/h1-3,5-7,10,17H,4,8-9,11-12H2. The maximum absolute atomic E-state index is 12.0. The summed E-state index contributed by atoms with van der Waals surface area (Å²) in [5.41, 5.74) is 1.01. The maximum atomic E-state index is 12.0. The largest absolute Gasteiger partial charge is 0.230 e. The van der Waals surface area contributed by atoms with Gasteiger partial charge in [-0.1, -0.05) is 30.0 Å². The lowest BCUT2D eigenvalue weighted by atomic mass is 10.3. The fourth-order valence-electron chi connectivity index (χ4n) is 2.18. The molecule has 24 heavy (non-hydrogen) atoms. The van der Waals surface area contributed by atoms with Crippen molar-refractivity contribution in [3.63, 3.8) is 0 Å². The van der Waals surface area contributed by atoms with Gasteiger partial charge >= 0.3 is 0 Å². The van der Waals surface area contributed by atoms with E-state index in [1.54, 1.807) is 34.4 Å². The van der Waals surface area contributed by atoms with Gasteiger partial charge in [0.15, 0.2) is 4.34 Å². The molecular weight excluding hydrogens is 380 g/mol. The number of rotatable bonds is 9. The third-order valence-electron chi connectivity index (χ3n) is 3.33. The summed E-state index contributed by atoms with van der Waals surface area (Å²) in [6, 6.07) is 12.0.